The first-order chi connectivity index (χ1) is 8.65. The Labute approximate surface area is 121 Å². The summed E-state index contributed by atoms with van der Waals surface area (Å²) in [5.41, 5.74) is 0.716. The minimum absolute atomic E-state index is 0.313. The highest BCUT2D eigenvalue weighted by Gasteiger charge is 2.37. The summed E-state index contributed by atoms with van der Waals surface area (Å²) >= 11 is 0. The van der Waals surface area contributed by atoms with Gasteiger partial charge in [-0.25, -0.2) is 0 Å². The summed E-state index contributed by atoms with van der Waals surface area (Å²) in [6.45, 7) is 19.0. The Morgan fingerprint density at radius 2 is 1.79 bits per heavy atom. The van der Waals surface area contributed by atoms with Crippen LogP contribution in [0.5, 0.6) is 0 Å². The van der Waals surface area contributed by atoms with Crippen molar-refractivity contribution in [2.45, 2.75) is 91.8 Å². The first-order valence-corrected chi connectivity index (χ1v) is 8.16. The quantitative estimate of drug-likeness (QED) is 0.809. The molecule has 0 saturated carbocycles. The SMILES string of the molecule is CCCNC1CCN(C(C)(C)CC(C)(C)C)C(C)C1. The molecule has 0 amide bonds. The molecular formula is C17H36N2. The van der Waals surface area contributed by atoms with E-state index in [1.54, 1.807) is 0 Å². The van der Waals surface area contributed by atoms with Gasteiger partial charge in [-0.05, 0) is 58.4 Å². The van der Waals surface area contributed by atoms with Gasteiger partial charge in [-0.1, -0.05) is 27.7 Å². The van der Waals surface area contributed by atoms with Gasteiger partial charge >= 0.3 is 0 Å². The molecule has 19 heavy (non-hydrogen) atoms. The third-order valence-electron chi connectivity index (χ3n) is 4.30. The first-order valence-electron chi connectivity index (χ1n) is 8.16. The van der Waals surface area contributed by atoms with Crippen molar-refractivity contribution in [3.63, 3.8) is 0 Å². The molecule has 2 atom stereocenters. The number of likely N-dealkylation sites (tertiary alicyclic amines) is 1. The monoisotopic (exact) mass is 268 g/mol. The van der Waals surface area contributed by atoms with Crippen molar-refractivity contribution in [1.82, 2.24) is 10.2 Å². The molecule has 1 fully saturated rings. The minimum Gasteiger partial charge on any atom is -0.314 e. The number of piperidine rings is 1. The molecule has 0 aliphatic carbocycles. The van der Waals surface area contributed by atoms with Gasteiger partial charge in [0.25, 0.3) is 0 Å². The standard InChI is InChI=1S/C17H36N2/c1-8-10-18-15-9-11-19(14(2)12-15)17(6,7)13-16(3,4)5/h14-15,18H,8-13H2,1-7H3. The summed E-state index contributed by atoms with van der Waals surface area (Å²) in [5.74, 6) is 0. The molecule has 2 heteroatoms. The number of rotatable bonds is 5. The Kier molecular flexibility index (Phi) is 5.88. The fourth-order valence-electron chi connectivity index (χ4n) is 4.00. The highest BCUT2D eigenvalue weighted by molar-refractivity contribution is 4.93. The zero-order valence-electron chi connectivity index (χ0n) is 14.3. The van der Waals surface area contributed by atoms with Crippen LogP contribution in [-0.4, -0.2) is 35.6 Å². The van der Waals surface area contributed by atoms with Crippen LogP contribution in [0.3, 0.4) is 0 Å². The predicted octanol–water partition coefficient (Wildman–Crippen LogP) is 4.05. The summed E-state index contributed by atoms with van der Waals surface area (Å²) in [6, 6.07) is 1.43. The lowest BCUT2D eigenvalue weighted by molar-refractivity contribution is 0.0123. The predicted molar refractivity (Wildman–Crippen MR) is 85.6 cm³/mol. The number of hydrogen-bond donors (Lipinski definition) is 1. The van der Waals surface area contributed by atoms with Crippen molar-refractivity contribution in [2.75, 3.05) is 13.1 Å². The molecule has 0 aromatic carbocycles. The zero-order chi connectivity index (χ0) is 14.7. The molecule has 0 aromatic heterocycles. The number of nitrogens with one attached hydrogen (secondary N) is 1. The van der Waals surface area contributed by atoms with E-state index in [1.165, 1.54) is 38.8 Å². The zero-order valence-corrected chi connectivity index (χ0v) is 14.3. The molecule has 0 spiro atoms. The Balaban J connectivity index is 2.57. The molecule has 1 heterocycles. The van der Waals surface area contributed by atoms with E-state index in [-0.39, 0.29) is 0 Å². The maximum absolute atomic E-state index is 3.70. The van der Waals surface area contributed by atoms with E-state index >= 15 is 0 Å². The molecular weight excluding hydrogens is 232 g/mol. The lowest BCUT2D eigenvalue weighted by Gasteiger charge is -2.49. The third kappa shape index (κ3) is 5.43. The summed E-state index contributed by atoms with van der Waals surface area (Å²) in [6.07, 6.45) is 5.10. The second-order valence-corrected chi connectivity index (χ2v) is 8.27. The lowest BCUT2D eigenvalue weighted by atomic mass is 9.79. The Hall–Kier alpha value is -0.0800. The number of hydrogen-bond acceptors (Lipinski definition) is 2. The van der Waals surface area contributed by atoms with E-state index in [4.69, 9.17) is 0 Å². The fourth-order valence-corrected chi connectivity index (χ4v) is 4.00. The van der Waals surface area contributed by atoms with Crippen LogP contribution in [0.4, 0.5) is 0 Å². The second-order valence-electron chi connectivity index (χ2n) is 8.27. The van der Waals surface area contributed by atoms with Gasteiger partial charge < -0.3 is 5.32 Å². The molecule has 1 saturated heterocycles. The van der Waals surface area contributed by atoms with E-state index in [0.29, 0.717) is 17.0 Å². The average Bonchev–Trinajstić information content (AvgIpc) is 2.22. The van der Waals surface area contributed by atoms with Crippen molar-refractivity contribution in [3.05, 3.63) is 0 Å². The first kappa shape index (κ1) is 17.0. The number of nitrogens with zero attached hydrogens (tertiary/aromatic N) is 1. The Bertz CT molecular complexity index is 265. The van der Waals surface area contributed by atoms with Crippen molar-refractivity contribution in [2.24, 2.45) is 5.41 Å². The molecule has 2 unspecified atom stereocenters. The smallest absolute Gasteiger partial charge is 0.0161 e. The van der Waals surface area contributed by atoms with E-state index in [0.717, 1.165) is 6.04 Å². The van der Waals surface area contributed by atoms with Crippen LogP contribution in [0.25, 0.3) is 0 Å². The van der Waals surface area contributed by atoms with Crippen molar-refractivity contribution >= 4 is 0 Å². The summed E-state index contributed by atoms with van der Waals surface area (Å²) in [7, 11) is 0. The Morgan fingerprint density at radius 3 is 2.26 bits per heavy atom. The van der Waals surface area contributed by atoms with E-state index in [2.05, 4.69) is 58.7 Å². The van der Waals surface area contributed by atoms with Gasteiger partial charge in [0.05, 0.1) is 0 Å². The molecule has 1 N–H and O–H groups in total. The van der Waals surface area contributed by atoms with Crippen LogP contribution in [0.2, 0.25) is 0 Å². The van der Waals surface area contributed by atoms with Gasteiger partial charge in [0.15, 0.2) is 0 Å². The topological polar surface area (TPSA) is 15.3 Å². The molecule has 1 aliphatic heterocycles. The maximum atomic E-state index is 3.70. The molecule has 0 radical (unpaired) electrons. The van der Waals surface area contributed by atoms with Gasteiger partial charge in [0.1, 0.15) is 0 Å². The lowest BCUT2D eigenvalue weighted by Crippen LogP contribution is -2.56. The molecule has 1 aliphatic rings. The molecule has 0 aromatic rings. The van der Waals surface area contributed by atoms with Crippen molar-refractivity contribution in [1.29, 1.82) is 0 Å². The Morgan fingerprint density at radius 1 is 1.16 bits per heavy atom. The average molecular weight is 268 g/mol. The third-order valence-corrected chi connectivity index (χ3v) is 4.30. The van der Waals surface area contributed by atoms with Gasteiger partial charge in [-0.15, -0.1) is 0 Å². The highest BCUT2D eigenvalue weighted by Crippen LogP contribution is 2.35. The minimum atomic E-state index is 0.313. The van der Waals surface area contributed by atoms with E-state index in [9.17, 15) is 0 Å². The normalized spacial score (nSPS) is 26.7. The van der Waals surface area contributed by atoms with Crippen LogP contribution in [0.15, 0.2) is 0 Å². The molecule has 2 nitrogen and oxygen atoms in total. The second kappa shape index (κ2) is 6.58. The largest absolute Gasteiger partial charge is 0.314 e. The van der Waals surface area contributed by atoms with Crippen LogP contribution < -0.4 is 5.32 Å². The van der Waals surface area contributed by atoms with Gasteiger partial charge in [-0.3, -0.25) is 4.90 Å². The summed E-state index contributed by atoms with van der Waals surface area (Å²) < 4.78 is 0. The maximum Gasteiger partial charge on any atom is 0.0161 e. The highest BCUT2D eigenvalue weighted by atomic mass is 15.2. The molecule has 1 rings (SSSR count). The van der Waals surface area contributed by atoms with Gasteiger partial charge in [0, 0.05) is 24.2 Å². The van der Waals surface area contributed by atoms with Crippen LogP contribution in [0.1, 0.15) is 74.1 Å². The van der Waals surface area contributed by atoms with Crippen molar-refractivity contribution in [3.8, 4) is 0 Å². The van der Waals surface area contributed by atoms with Crippen LogP contribution in [0, 0.1) is 5.41 Å². The molecule has 0 bridgehead atoms. The van der Waals surface area contributed by atoms with Crippen molar-refractivity contribution < 1.29 is 0 Å². The summed E-state index contributed by atoms with van der Waals surface area (Å²) in [4.78, 5) is 2.74. The van der Waals surface area contributed by atoms with E-state index in [1.807, 2.05) is 0 Å². The van der Waals surface area contributed by atoms with Crippen LogP contribution >= 0.6 is 0 Å². The van der Waals surface area contributed by atoms with Gasteiger partial charge in [-0.2, -0.15) is 0 Å². The summed E-state index contributed by atoms with van der Waals surface area (Å²) in [5, 5.41) is 3.70. The fraction of sp³-hybridized carbons (Fsp3) is 1.00. The van der Waals surface area contributed by atoms with E-state index < -0.39 is 0 Å². The van der Waals surface area contributed by atoms with Crippen LogP contribution in [-0.2, 0) is 0 Å². The van der Waals surface area contributed by atoms with Gasteiger partial charge in [0.2, 0.25) is 0 Å². The molecule has 114 valence electrons.